The first kappa shape index (κ1) is 12.9. The first-order valence-electron chi connectivity index (χ1n) is 6.35. The number of rotatable bonds is 2. The van der Waals surface area contributed by atoms with E-state index in [2.05, 4.69) is 6.92 Å². The Morgan fingerprint density at radius 3 is 2.83 bits per heavy atom. The normalized spacial score (nSPS) is 20.6. The van der Waals surface area contributed by atoms with Crippen LogP contribution in [0.25, 0.3) is 0 Å². The maximum absolute atomic E-state index is 13.9. The SMILES string of the molecule is CC1CCCN(c2ccc(C(=O)O)cc2F)CC1. The van der Waals surface area contributed by atoms with E-state index in [0.717, 1.165) is 32.0 Å². The van der Waals surface area contributed by atoms with Gasteiger partial charge in [-0.2, -0.15) is 0 Å². The fourth-order valence-corrected chi connectivity index (χ4v) is 2.40. The number of anilines is 1. The highest BCUT2D eigenvalue weighted by Crippen LogP contribution is 2.25. The van der Waals surface area contributed by atoms with Gasteiger partial charge in [0.25, 0.3) is 0 Å². The van der Waals surface area contributed by atoms with Gasteiger partial charge in [0.05, 0.1) is 11.3 Å². The molecule has 1 unspecified atom stereocenters. The molecule has 1 aromatic rings. The van der Waals surface area contributed by atoms with Crippen LogP contribution < -0.4 is 4.90 Å². The molecule has 98 valence electrons. The van der Waals surface area contributed by atoms with E-state index in [1.807, 2.05) is 4.90 Å². The standard InChI is InChI=1S/C14H18FNO2/c1-10-3-2-7-16(8-6-10)13-5-4-11(14(17)18)9-12(13)15/h4-5,9-10H,2-3,6-8H2,1H3,(H,17,18). The monoisotopic (exact) mass is 251 g/mol. The van der Waals surface area contributed by atoms with Gasteiger partial charge < -0.3 is 10.0 Å². The van der Waals surface area contributed by atoms with E-state index in [1.165, 1.54) is 12.5 Å². The van der Waals surface area contributed by atoms with Crippen LogP contribution in [0.15, 0.2) is 18.2 Å². The summed E-state index contributed by atoms with van der Waals surface area (Å²) in [5.74, 6) is -0.856. The molecule has 1 atom stereocenters. The highest BCUT2D eigenvalue weighted by atomic mass is 19.1. The van der Waals surface area contributed by atoms with Gasteiger partial charge in [-0.15, -0.1) is 0 Å². The third kappa shape index (κ3) is 2.81. The Kier molecular flexibility index (Phi) is 3.84. The maximum atomic E-state index is 13.9. The molecule has 0 bridgehead atoms. The highest BCUT2D eigenvalue weighted by Gasteiger charge is 2.17. The molecule has 18 heavy (non-hydrogen) atoms. The molecular formula is C14H18FNO2. The number of carboxylic acids is 1. The van der Waals surface area contributed by atoms with Crippen LogP contribution in [0.5, 0.6) is 0 Å². The van der Waals surface area contributed by atoms with Crippen molar-refractivity contribution < 1.29 is 14.3 Å². The molecule has 2 rings (SSSR count). The van der Waals surface area contributed by atoms with E-state index in [1.54, 1.807) is 6.07 Å². The van der Waals surface area contributed by atoms with Crippen LogP contribution in [-0.4, -0.2) is 24.2 Å². The van der Waals surface area contributed by atoms with Gasteiger partial charge in [0.1, 0.15) is 5.82 Å². The lowest BCUT2D eigenvalue weighted by atomic mass is 10.0. The van der Waals surface area contributed by atoms with Crippen LogP contribution in [0.1, 0.15) is 36.5 Å². The van der Waals surface area contributed by atoms with Crippen molar-refractivity contribution in [2.45, 2.75) is 26.2 Å². The summed E-state index contributed by atoms with van der Waals surface area (Å²) in [4.78, 5) is 12.8. The van der Waals surface area contributed by atoms with Crippen molar-refractivity contribution in [1.82, 2.24) is 0 Å². The Morgan fingerprint density at radius 2 is 2.17 bits per heavy atom. The number of aromatic carboxylic acids is 1. The quantitative estimate of drug-likeness (QED) is 0.877. The van der Waals surface area contributed by atoms with Crippen molar-refractivity contribution in [3.8, 4) is 0 Å². The van der Waals surface area contributed by atoms with Gasteiger partial charge in [-0.3, -0.25) is 0 Å². The molecule has 1 aliphatic rings. The van der Waals surface area contributed by atoms with E-state index in [9.17, 15) is 9.18 Å². The van der Waals surface area contributed by atoms with Gasteiger partial charge in [0.2, 0.25) is 0 Å². The Morgan fingerprint density at radius 1 is 1.39 bits per heavy atom. The van der Waals surface area contributed by atoms with Gasteiger partial charge in [-0.05, 0) is 43.4 Å². The smallest absolute Gasteiger partial charge is 0.335 e. The molecule has 0 aliphatic carbocycles. The number of nitrogens with zero attached hydrogens (tertiary/aromatic N) is 1. The lowest BCUT2D eigenvalue weighted by Crippen LogP contribution is -2.25. The molecule has 1 fully saturated rings. The lowest BCUT2D eigenvalue weighted by molar-refractivity contribution is 0.0696. The van der Waals surface area contributed by atoms with E-state index >= 15 is 0 Å². The summed E-state index contributed by atoms with van der Waals surface area (Å²) in [5, 5.41) is 8.81. The predicted octanol–water partition coefficient (Wildman–Crippen LogP) is 3.15. The molecule has 1 saturated heterocycles. The lowest BCUT2D eigenvalue weighted by Gasteiger charge is -2.23. The van der Waals surface area contributed by atoms with Crippen molar-refractivity contribution >= 4 is 11.7 Å². The van der Waals surface area contributed by atoms with E-state index in [-0.39, 0.29) is 5.56 Å². The second-order valence-electron chi connectivity index (χ2n) is 4.99. The summed E-state index contributed by atoms with van der Waals surface area (Å²) in [5.41, 5.74) is 0.522. The maximum Gasteiger partial charge on any atom is 0.335 e. The number of hydrogen-bond donors (Lipinski definition) is 1. The largest absolute Gasteiger partial charge is 0.478 e. The second-order valence-corrected chi connectivity index (χ2v) is 4.99. The zero-order valence-electron chi connectivity index (χ0n) is 10.5. The molecule has 1 N–H and O–H groups in total. The molecule has 3 nitrogen and oxygen atoms in total. The zero-order chi connectivity index (χ0) is 13.1. The molecule has 0 amide bonds. The zero-order valence-corrected chi connectivity index (χ0v) is 10.5. The van der Waals surface area contributed by atoms with Crippen LogP contribution in [0.3, 0.4) is 0 Å². The van der Waals surface area contributed by atoms with Gasteiger partial charge in [0.15, 0.2) is 0 Å². The number of carbonyl (C=O) groups is 1. The van der Waals surface area contributed by atoms with Crippen molar-refractivity contribution in [3.05, 3.63) is 29.6 Å². The van der Waals surface area contributed by atoms with Gasteiger partial charge in [-0.25, -0.2) is 9.18 Å². The molecule has 1 aromatic carbocycles. The van der Waals surface area contributed by atoms with E-state index < -0.39 is 11.8 Å². The van der Waals surface area contributed by atoms with Crippen LogP contribution in [0, 0.1) is 11.7 Å². The summed E-state index contributed by atoms with van der Waals surface area (Å²) < 4.78 is 13.9. The summed E-state index contributed by atoms with van der Waals surface area (Å²) in [6.45, 7) is 3.89. The molecule has 0 radical (unpaired) electrons. The molecule has 0 saturated carbocycles. The Labute approximate surface area is 106 Å². The fourth-order valence-electron chi connectivity index (χ4n) is 2.40. The first-order chi connectivity index (χ1) is 8.58. The van der Waals surface area contributed by atoms with Crippen molar-refractivity contribution in [2.24, 2.45) is 5.92 Å². The van der Waals surface area contributed by atoms with Crippen molar-refractivity contribution in [2.75, 3.05) is 18.0 Å². The van der Waals surface area contributed by atoms with Crippen molar-refractivity contribution in [3.63, 3.8) is 0 Å². The summed E-state index contributed by atoms with van der Waals surface area (Å²) in [7, 11) is 0. The number of halogens is 1. The average molecular weight is 251 g/mol. The van der Waals surface area contributed by atoms with Gasteiger partial charge in [0, 0.05) is 13.1 Å². The molecule has 1 aliphatic heterocycles. The number of hydrogen-bond acceptors (Lipinski definition) is 2. The third-order valence-corrected chi connectivity index (χ3v) is 3.55. The van der Waals surface area contributed by atoms with Gasteiger partial charge in [-0.1, -0.05) is 6.92 Å². The predicted molar refractivity (Wildman–Crippen MR) is 68.6 cm³/mol. The van der Waals surface area contributed by atoms with E-state index in [4.69, 9.17) is 5.11 Å². The minimum atomic E-state index is -1.09. The summed E-state index contributed by atoms with van der Waals surface area (Å²) >= 11 is 0. The highest BCUT2D eigenvalue weighted by molar-refractivity contribution is 5.88. The molecule has 0 aromatic heterocycles. The number of carboxylic acid groups (broad SMARTS) is 1. The minimum Gasteiger partial charge on any atom is -0.478 e. The topological polar surface area (TPSA) is 40.5 Å². The van der Waals surface area contributed by atoms with E-state index in [0.29, 0.717) is 11.6 Å². The second kappa shape index (κ2) is 5.38. The number of benzene rings is 1. The third-order valence-electron chi connectivity index (χ3n) is 3.55. The van der Waals surface area contributed by atoms with Crippen LogP contribution in [0.4, 0.5) is 10.1 Å². The molecule has 1 heterocycles. The van der Waals surface area contributed by atoms with Crippen molar-refractivity contribution in [1.29, 1.82) is 0 Å². The summed E-state index contributed by atoms with van der Waals surface area (Å²) in [6.07, 6.45) is 3.28. The van der Waals surface area contributed by atoms with Crippen LogP contribution >= 0.6 is 0 Å². The Balaban J connectivity index is 2.20. The van der Waals surface area contributed by atoms with Crippen LogP contribution in [0.2, 0.25) is 0 Å². The average Bonchev–Trinajstić information content (AvgIpc) is 2.54. The minimum absolute atomic E-state index is 0.000519. The molecule has 4 heteroatoms. The van der Waals surface area contributed by atoms with Gasteiger partial charge >= 0.3 is 5.97 Å². The fraction of sp³-hybridized carbons (Fsp3) is 0.500. The molecular weight excluding hydrogens is 233 g/mol. The van der Waals surface area contributed by atoms with Crippen LogP contribution in [-0.2, 0) is 0 Å². The molecule has 0 spiro atoms. The Hall–Kier alpha value is -1.58. The summed E-state index contributed by atoms with van der Waals surface area (Å²) in [6, 6.07) is 4.15. The first-order valence-corrected chi connectivity index (χ1v) is 6.35. The Bertz CT molecular complexity index is 447.